The highest BCUT2D eigenvalue weighted by Gasteiger charge is 2.09. The largest absolute Gasteiger partial charge is 0.378 e. The second-order valence-corrected chi connectivity index (χ2v) is 6.41. The molecule has 8 heteroatoms. The van der Waals surface area contributed by atoms with Crippen LogP contribution in [0.1, 0.15) is 15.9 Å². The van der Waals surface area contributed by atoms with Crippen LogP contribution in [0.15, 0.2) is 47.6 Å². The van der Waals surface area contributed by atoms with Crippen molar-refractivity contribution in [3.63, 3.8) is 0 Å². The van der Waals surface area contributed by atoms with E-state index in [1.165, 1.54) is 24.4 Å². The average Bonchev–Trinajstić information content (AvgIpc) is 2.62. The Kier molecular flexibility index (Phi) is 7.00. The fourth-order valence-electron chi connectivity index (χ4n) is 1.98. The molecule has 0 aliphatic carbocycles. The number of benzene rings is 2. The van der Waals surface area contributed by atoms with Gasteiger partial charge in [-0.25, -0.2) is 5.43 Å². The molecule has 136 valence electrons. The third kappa shape index (κ3) is 5.75. The molecule has 0 atom stereocenters. The minimum Gasteiger partial charge on any atom is -0.378 e. The van der Waals surface area contributed by atoms with Crippen LogP contribution in [-0.4, -0.2) is 38.7 Å². The van der Waals surface area contributed by atoms with Gasteiger partial charge >= 0.3 is 0 Å². The van der Waals surface area contributed by atoms with E-state index in [0.717, 1.165) is 11.3 Å². The minimum atomic E-state index is -0.445. The summed E-state index contributed by atoms with van der Waals surface area (Å²) in [5.74, 6) is -0.874. The number of halogens is 2. The van der Waals surface area contributed by atoms with E-state index in [4.69, 9.17) is 23.2 Å². The molecule has 26 heavy (non-hydrogen) atoms. The Bertz CT molecular complexity index is 820. The number of carbonyl (C=O) groups excluding carboxylic acids is 2. The minimum absolute atomic E-state index is 0.212. The highest BCUT2D eigenvalue weighted by atomic mass is 35.5. The van der Waals surface area contributed by atoms with E-state index in [-0.39, 0.29) is 11.6 Å². The van der Waals surface area contributed by atoms with Crippen molar-refractivity contribution in [3.8, 4) is 0 Å². The van der Waals surface area contributed by atoms with Gasteiger partial charge < -0.3 is 10.2 Å². The predicted molar refractivity (Wildman–Crippen MR) is 105 cm³/mol. The van der Waals surface area contributed by atoms with Crippen LogP contribution in [0.5, 0.6) is 0 Å². The second kappa shape index (κ2) is 9.22. The van der Waals surface area contributed by atoms with E-state index >= 15 is 0 Å². The SMILES string of the molecule is CN(C)c1ccc(C=NNC(=O)CNC(=O)c2ccc(Cl)c(Cl)c2)cc1. The number of hydrogen-bond acceptors (Lipinski definition) is 4. The maximum absolute atomic E-state index is 12.0. The molecule has 0 aliphatic rings. The van der Waals surface area contributed by atoms with Crippen molar-refractivity contribution in [2.24, 2.45) is 5.10 Å². The van der Waals surface area contributed by atoms with Crippen LogP contribution < -0.4 is 15.6 Å². The Morgan fingerprint density at radius 2 is 1.77 bits per heavy atom. The highest BCUT2D eigenvalue weighted by Crippen LogP contribution is 2.22. The lowest BCUT2D eigenvalue weighted by atomic mass is 10.2. The molecule has 2 aromatic rings. The first-order chi connectivity index (χ1) is 12.4. The van der Waals surface area contributed by atoms with Gasteiger partial charge in [0, 0.05) is 25.3 Å². The molecule has 0 saturated carbocycles. The summed E-state index contributed by atoms with van der Waals surface area (Å²) in [6, 6.07) is 12.1. The number of anilines is 1. The van der Waals surface area contributed by atoms with E-state index in [0.29, 0.717) is 10.6 Å². The van der Waals surface area contributed by atoms with Gasteiger partial charge in [0.15, 0.2) is 0 Å². The molecule has 0 aliphatic heterocycles. The summed E-state index contributed by atoms with van der Waals surface area (Å²) in [4.78, 5) is 25.7. The number of rotatable bonds is 6. The molecule has 0 aromatic heterocycles. The lowest BCUT2D eigenvalue weighted by molar-refractivity contribution is -0.120. The quantitative estimate of drug-likeness (QED) is 0.586. The van der Waals surface area contributed by atoms with Crippen LogP contribution in [0.25, 0.3) is 0 Å². The van der Waals surface area contributed by atoms with Gasteiger partial charge in [0.1, 0.15) is 0 Å². The molecule has 0 saturated heterocycles. The first-order valence-electron chi connectivity index (χ1n) is 7.69. The Balaban J connectivity index is 1.81. The summed E-state index contributed by atoms with van der Waals surface area (Å²) < 4.78 is 0. The summed E-state index contributed by atoms with van der Waals surface area (Å²) in [7, 11) is 3.91. The van der Waals surface area contributed by atoms with Crippen LogP contribution >= 0.6 is 23.2 Å². The average molecular weight is 393 g/mol. The van der Waals surface area contributed by atoms with E-state index in [2.05, 4.69) is 15.8 Å². The molecular formula is C18H18Cl2N4O2. The number of hydrogen-bond donors (Lipinski definition) is 2. The Morgan fingerprint density at radius 3 is 2.38 bits per heavy atom. The summed E-state index contributed by atoms with van der Waals surface area (Å²) in [5, 5.41) is 6.97. The number of carbonyl (C=O) groups is 2. The molecule has 0 spiro atoms. The first kappa shape index (κ1) is 19.8. The third-order valence-corrected chi connectivity index (χ3v) is 4.14. The van der Waals surface area contributed by atoms with E-state index < -0.39 is 11.8 Å². The number of amides is 2. The van der Waals surface area contributed by atoms with Crippen molar-refractivity contribution in [3.05, 3.63) is 63.6 Å². The highest BCUT2D eigenvalue weighted by molar-refractivity contribution is 6.42. The number of nitrogens with one attached hydrogen (secondary N) is 2. The van der Waals surface area contributed by atoms with Gasteiger partial charge in [-0.05, 0) is 35.9 Å². The van der Waals surface area contributed by atoms with Gasteiger partial charge in [-0.2, -0.15) is 5.10 Å². The van der Waals surface area contributed by atoms with Crippen molar-refractivity contribution in [2.75, 3.05) is 25.5 Å². The van der Waals surface area contributed by atoms with Gasteiger partial charge in [-0.3, -0.25) is 9.59 Å². The fourth-order valence-corrected chi connectivity index (χ4v) is 2.27. The summed E-state index contributed by atoms with van der Waals surface area (Å²) in [5.41, 5.74) is 4.58. The summed E-state index contributed by atoms with van der Waals surface area (Å²) >= 11 is 11.7. The zero-order valence-corrected chi connectivity index (χ0v) is 15.8. The zero-order chi connectivity index (χ0) is 19.1. The van der Waals surface area contributed by atoms with Crippen molar-refractivity contribution >= 4 is 46.9 Å². The maximum atomic E-state index is 12.0. The van der Waals surface area contributed by atoms with E-state index in [1.807, 2.05) is 43.3 Å². The molecule has 2 rings (SSSR count). The number of nitrogens with zero attached hydrogens (tertiary/aromatic N) is 2. The Labute approximate surface area is 161 Å². The Hall–Kier alpha value is -2.57. The van der Waals surface area contributed by atoms with Gasteiger partial charge in [0.25, 0.3) is 11.8 Å². The maximum Gasteiger partial charge on any atom is 0.259 e. The normalized spacial score (nSPS) is 10.6. The van der Waals surface area contributed by atoms with Crippen molar-refractivity contribution in [1.82, 2.24) is 10.7 Å². The lowest BCUT2D eigenvalue weighted by Gasteiger charge is -2.11. The van der Waals surface area contributed by atoms with Gasteiger partial charge in [0.2, 0.25) is 0 Å². The molecule has 0 bridgehead atoms. The standard InChI is InChI=1S/C18H18Cl2N4O2/c1-24(2)14-6-3-12(4-7-14)10-22-23-17(25)11-21-18(26)13-5-8-15(19)16(20)9-13/h3-10H,11H2,1-2H3,(H,21,26)(H,23,25). The van der Waals surface area contributed by atoms with Crippen LogP contribution in [0, 0.1) is 0 Å². The van der Waals surface area contributed by atoms with E-state index in [9.17, 15) is 9.59 Å². The topological polar surface area (TPSA) is 73.8 Å². The molecular weight excluding hydrogens is 375 g/mol. The van der Waals surface area contributed by atoms with Crippen molar-refractivity contribution in [2.45, 2.75) is 0 Å². The van der Waals surface area contributed by atoms with Crippen molar-refractivity contribution < 1.29 is 9.59 Å². The lowest BCUT2D eigenvalue weighted by Crippen LogP contribution is -2.34. The molecule has 0 heterocycles. The Morgan fingerprint density at radius 1 is 1.08 bits per heavy atom. The fraction of sp³-hybridized carbons (Fsp3) is 0.167. The van der Waals surface area contributed by atoms with E-state index in [1.54, 1.807) is 0 Å². The molecule has 2 amide bonds. The van der Waals surface area contributed by atoms with Crippen LogP contribution in [0.4, 0.5) is 5.69 Å². The van der Waals surface area contributed by atoms with Gasteiger partial charge in [-0.15, -0.1) is 0 Å². The predicted octanol–water partition coefficient (Wildman–Crippen LogP) is 2.94. The smallest absolute Gasteiger partial charge is 0.259 e. The van der Waals surface area contributed by atoms with Crippen LogP contribution in [0.2, 0.25) is 10.0 Å². The summed E-state index contributed by atoms with van der Waals surface area (Å²) in [6.07, 6.45) is 1.53. The zero-order valence-electron chi connectivity index (χ0n) is 14.3. The van der Waals surface area contributed by atoms with Crippen LogP contribution in [0.3, 0.4) is 0 Å². The first-order valence-corrected chi connectivity index (χ1v) is 8.45. The molecule has 2 N–H and O–H groups in total. The second-order valence-electron chi connectivity index (χ2n) is 5.59. The monoisotopic (exact) mass is 392 g/mol. The summed E-state index contributed by atoms with van der Waals surface area (Å²) in [6.45, 7) is -0.212. The van der Waals surface area contributed by atoms with Gasteiger partial charge in [0.05, 0.1) is 22.8 Å². The molecule has 0 fully saturated rings. The van der Waals surface area contributed by atoms with Gasteiger partial charge in [-0.1, -0.05) is 35.3 Å². The number of hydrazone groups is 1. The molecule has 0 unspecified atom stereocenters. The third-order valence-electron chi connectivity index (χ3n) is 3.40. The van der Waals surface area contributed by atoms with Crippen molar-refractivity contribution in [1.29, 1.82) is 0 Å². The molecule has 0 radical (unpaired) electrons. The molecule has 6 nitrogen and oxygen atoms in total. The molecule has 2 aromatic carbocycles. The van der Waals surface area contributed by atoms with Crippen LogP contribution in [-0.2, 0) is 4.79 Å².